The van der Waals surface area contributed by atoms with E-state index in [1.54, 1.807) is 31.4 Å². The highest BCUT2D eigenvalue weighted by molar-refractivity contribution is 7.89. The Bertz CT molecular complexity index is 679. The molecule has 0 fully saturated rings. The van der Waals surface area contributed by atoms with Crippen LogP contribution in [-0.4, -0.2) is 25.7 Å². The minimum atomic E-state index is -3.36. The Morgan fingerprint density at radius 1 is 1.30 bits per heavy atom. The first-order valence-electron chi connectivity index (χ1n) is 6.17. The van der Waals surface area contributed by atoms with E-state index >= 15 is 0 Å². The van der Waals surface area contributed by atoms with E-state index in [1.807, 2.05) is 6.92 Å². The van der Waals surface area contributed by atoms with E-state index in [4.69, 9.17) is 9.26 Å². The van der Waals surface area contributed by atoms with E-state index in [0.29, 0.717) is 23.6 Å². The Balaban J connectivity index is 2.10. The first-order chi connectivity index (χ1) is 9.52. The lowest BCUT2D eigenvalue weighted by atomic mass is 10.2. The number of sulfone groups is 1. The average molecular weight is 296 g/mol. The number of hydrogen-bond acceptors (Lipinski definition) is 6. The van der Waals surface area contributed by atoms with Crippen LogP contribution in [0.15, 0.2) is 28.8 Å². The second-order valence-electron chi connectivity index (χ2n) is 4.34. The highest BCUT2D eigenvalue weighted by Crippen LogP contribution is 2.16. The zero-order valence-corrected chi connectivity index (χ0v) is 12.2. The molecule has 7 heteroatoms. The summed E-state index contributed by atoms with van der Waals surface area (Å²) in [5.41, 5.74) is 0.666. The maximum absolute atomic E-state index is 12.1. The summed E-state index contributed by atoms with van der Waals surface area (Å²) in [6.45, 7) is 1.87. The molecule has 0 aliphatic heterocycles. The summed E-state index contributed by atoms with van der Waals surface area (Å²) < 4.78 is 34.2. The van der Waals surface area contributed by atoms with Crippen LogP contribution in [0.3, 0.4) is 0 Å². The first-order valence-corrected chi connectivity index (χ1v) is 7.99. The van der Waals surface area contributed by atoms with Gasteiger partial charge in [0.1, 0.15) is 11.5 Å². The van der Waals surface area contributed by atoms with Gasteiger partial charge in [0.2, 0.25) is 5.89 Å². The molecule has 0 saturated carbocycles. The Morgan fingerprint density at radius 3 is 2.75 bits per heavy atom. The van der Waals surface area contributed by atoms with Crippen LogP contribution in [0, 0.1) is 0 Å². The number of methoxy groups -OCH3 is 1. The molecule has 2 rings (SSSR count). The molecule has 0 aliphatic rings. The van der Waals surface area contributed by atoms with Crippen LogP contribution in [0.5, 0.6) is 5.75 Å². The molecule has 0 amide bonds. The van der Waals surface area contributed by atoms with Gasteiger partial charge in [-0.05, 0) is 17.7 Å². The number of aromatic nitrogens is 2. The summed E-state index contributed by atoms with van der Waals surface area (Å²) in [5, 5.41) is 3.68. The third-order valence-electron chi connectivity index (χ3n) is 2.69. The molecule has 1 aromatic carbocycles. The molecule has 20 heavy (non-hydrogen) atoms. The van der Waals surface area contributed by atoms with E-state index < -0.39 is 9.84 Å². The van der Waals surface area contributed by atoms with E-state index in [9.17, 15) is 8.42 Å². The molecule has 0 saturated heterocycles. The standard InChI is InChI=1S/C13H16N2O4S/c1-3-12-14-13(19-15-12)9-20(16,17)8-10-5-4-6-11(7-10)18-2/h4-7H,3,8-9H2,1-2H3. The second kappa shape index (κ2) is 6.04. The van der Waals surface area contributed by atoms with Gasteiger partial charge in [-0.25, -0.2) is 8.42 Å². The summed E-state index contributed by atoms with van der Waals surface area (Å²) in [6.07, 6.45) is 0.611. The fraction of sp³-hybridized carbons (Fsp3) is 0.385. The number of aryl methyl sites for hydroxylation is 1. The van der Waals surface area contributed by atoms with Crippen molar-refractivity contribution in [3.8, 4) is 5.75 Å². The van der Waals surface area contributed by atoms with Crippen molar-refractivity contribution in [3.05, 3.63) is 41.5 Å². The van der Waals surface area contributed by atoms with Gasteiger partial charge in [-0.3, -0.25) is 0 Å². The van der Waals surface area contributed by atoms with E-state index in [1.165, 1.54) is 0 Å². The summed E-state index contributed by atoms with van der Waals surface area (Å²) in [7, 11) is -1.82. The SMILES string of the molecule is CCc1noc(CS(=O)(=O)Cc2cccc(OC)c2)n1. The van der Waals surface area contributed by atoms with E-state index in [-0.39, 0.29) is 17.4 Å². The largest absolute Gasteiger partial charge is 0.497 e. The molecule has 2 aromatic rings. The number of ether oxygens (including phenoxy) is 1. The normalized spacial score (nSPS) is 11.5. The van der Waals surface area contributed by atoms with Gasteiger partial charge < -0.3 is 9.26 Å². The second-order valence-corrected chi connectivity index (χ2v) is 6.41. The molecule has 0 bridgehead atoms. The monoisotopic (exact) mass is 296 g/mol. The molecule has 108 valence electrons. The zero-order chi connectivity index (χ0) is 14.6. The average Bonchev–Trinajstić information content (AvgIpc) is 2.85. The van der Waals surface area contributed by atoms with Gasteiger partial charge in [-0.15, -0.1) is 0 Å². The maximum atomic E-state index is 12.1. The van der Waals surface area contributed by atoms with Crippen LogP contribution in [0.25, 0.3) is 0 Å². The van der Waals surface area contributed by atoms with Crippen molar-refractivity contribution in [2.75, 3.05) is 7.11 Å². The summed E-state index contributed by atoms with van der Waals surface area (Å²) in [5.74, 6) is 0.927. The van der Waals surface area contributed by atoms with Gasteiger partial charge in [0, 0.05) is 6.42 Å². The predicted octanol–water partition coefficient (Wildman–Crippen LogP) is 1.76. The van der Waals surface area contributed by atoms with Gasteiger partial charge in [0.15, 0.2) is 15.7 Å². The predicted molar refractivity (Wildman–Crippen MR) is 73.0 cm³/mol. The van der Waals surface area contributed by atoms with E-state index in [0.717, 1.165) is 0 Å². The van der Waals surface area contributed by atoms with Crippen LogP contribution in [0.2, 0.25) is 0 Å². The van der Waals surface area contributed by atoms with Gasteiger partial charge in [0.05, 0.1) is 12.9 Å². The molecule has 6 nitrogen and oxygen atoms in total. The quantitative estimate of drug-likeness (QED) is 0.807. The van der Waals surface area contributed by atoms with E-state index in [2.05, 4.69) is 10.1 Å². The molecule has 0 spiro atoms. The number of benzene rings is 1. The van der Waals surface area contributed by atoms with Crippen LogP contribution < -0.4 is 4.74 Å². The van der Waals surface area contributed by atoms with Crippen molar-refractivity contribution in [3.63, 3.8) is 0 Å². The lowest BCUT2D eigenvalue weighted by molar-refractivity contribution is 0.383. The number of rotatable bonds is 6. The number of nitrogens with zero attached hydrogens (tertiary/aromatic N) is 2. The Labute approximate surface area is 117 Å². The van der Waals surface area contributed by atoms with Crippen molar-refractivity contribution >= 4 is 9.84 Å². The Morgan fingerprint density at radius 2 is 2.10 bits per heavy atom. The lowest BCUT2D eigenvalue weighted by Gasteiger charge is -2.04. The van der Waals surface area contributed by atoms with Crippen molar-refractivity contribution in [1.29, 1.82) is 0 Å². The minimum Gasteiger partial charge on any atom is -0.497 e. The van der Waals surface area contributed by atoms with Crippen LogP contribution in [-0.2, 0) is 27.8 Å². The highest BCUT2D eigenvalue weighted by Gasteiger charge is 2.18. The fourth-order valence-corrected chi connectivity index (χ4v) is 3.03. The van der Waals surface area contributed by atoms with Crippen molar-refractivity contribution in [2.24, 2.45) is 0 Å². The smallest absolute Gasteiger partial charge is 0.241 e. The summed E-state index contributed by atoms with van der Waals surface area (Å²) >= 11 is 0. The zero-order valence-electron chi connectivity index (χ0n) is 11.4. The maximum Gasteiger partial charge on any atom is 0.241 e. The molecule has 0 N–H and O–H groups in total. The molecular weight excluding hydrogens is 280 g/mol. The van der Waals surface area contributed by atoms with Gasteiger partial charge in [-0.1, -0.05) is 24.2 Å². The van der Waals surface area contributed by atoms with Crippen molar-refractivity contribution < 1.29 is 17.7 Å². The third kappa shape index (κ3) is 3.80. The van der Waals surface area contributed by atoms with Gasteiger partial charge in [-0.2, -0.15) is 4.98 Å². The van der Waals surface area contributed by atoms with Crippen molar-refractivity contribution in [1.82, 2.24) is 10.1 Å². The summed E-state index contributed by atoms with van der Waals surface area (Å²) in [4.78, 5) is 4.01. The molecule has 0 atom stereocenters. The molecule has 0 aliphatic carbocycles. The van der Waals surface area contributed by atoms with Crippen LogP contribution in [0.1, 0.15) is 24.2 Å². The molecular formula is C13H16N2O4S. The fourth-order valence-electron chi connectivity index (χ4n) is 1.75. The molecule has 0 unspecified atom stereocenters. The number of hydrogen-bond donors (Lipinski definition) is 0. The minimum absolute atomic E-state index is 0.0892. The summed E-state index contributed by atoms with van der Waals surface area (Å²) in [6, 6.07) is 6.96. The third-order valence-corrected chi connectivity index (χ3v) is 4.15. The van der Waals surface area contributed by atoms with Gasteiger partial charge >= 0.3 is 0 Å². The Kier molecular flexibility index (Phi) is 4.39. The molecule has 1 aromatic heterocycles. The van der Waals surface area contributed by atoms with Crippen LogP contribution in [0.4, 0.5) is 0 Å². The van der Waals surface area contributed by atoms with Gasteiger partial charge in [0.25, 0.3) is 0 Å². The Hall–Kier alpha value is -1.89. The van der Waals surface area contributed by atoms with Crippen LogP contribution >= 0.6 is 0 Å². The first kappa shape index (κ1) is 14.5. The topological polar surface area (TPSA) is 82.3 Å². The lowest BCUT2D eigenvalue weighted by Crippen LogP contribution is -2.08. The van der Waals surface area contributed by atoms with Crippen molar-refractivity contribution in [2.45, 2.75) is 24.9 Å². The molecule has 0 radical (unpaired) electrons. The highest BCUT2D eigenvalue weighted by atomic mass is 32.2. The molecule has 1 heterocycles.